The third-order valence-corrected chi connectivity index (χ3v) is 3.59. The van der Waals surface area contributed by atoms with Gasteiger partial charge in [-0.1, -0.05) is 0 Å². The molecule has 1 aromatic rings. The molecule has 0 aliphatic heterocycles. The van der Waals surface area contributed by atoms with Gasteiger partial charge in [0.05, 0.1) is 17.1 Å². The van der Waals surface area contributed by atoms with E-state index >= 15 is 0 Å². The summed E-state index contributed by atoms with van der Waals surface area (Å²) in [6, 6.07) is 3.17. The molecule has 0 amide bonds. The zero-order chi connectivity index (χ0) is 14.6. The molecule has 20 heavy (non-hydrogen) atoms. The molecule has 1 heterocycles. The zero-order valence-corrected chi connectivity index (χ0v) is 15.5. The van der Waals surface area contributed by atoms with E-state index in [0.29, 0.717) is 5.69 Å². The number of nitrogens with zero attached hydrogens (tertiary/aromatic N) is 4. The highest BCUT2D eigenvalue weighted by atomic mass is 127. The number of aliphatic imine (C=N–C) groups is 1. The number of sulfone groups is 1. The molecule has 0 aliphatic carbocycles. The molecule has 6 nitrogen and oxygen atoms in total. The number of hydrogen-bond acceptors (Lipinski definition) is 4. The summed E-state index contributed by atoms with van der Waals surface area (Å²) < 4.78 is 23.3. The molecule has 0 bridgehead atoms. The Morgan fingerprint density at radius 2 is 1.80 bits per heavy atom. The molecule has 0 radical (unpaired) electrons. The fourth-order valence-corrected chi connectivity index (χ4v) is 2.58. The van der Waals surface area contributed by atoms with Crippen LogP contribution in [0.4, 0.5) is 0 Å². The Bertz CT molecular complexity index is 561. The van der Waals surface area contributed by atoms with Crippen molar-refractivity contribution in [2.45, 2.75) is 11.4 Å². The monoisotopic (exact) mass is 412 g/mol. The summed E-state index contributed by atoms with van der Waals surface area (Å²) in [5, 5.41) is 0. The lowest BCUT2D eigenvalue weighted by Gasteiger charge is -2.22. The quantitative estimate of drug-likeness (QED) is 0.423. The molecular formula is C12H21IN4O2S. The molecule has 0 aromatic carbocycles. The van der Waals surface area contributed by atoms with Gasteiger partial charge in [0.2, 0.25) is 0 Å². The summed E-state index contributed by atoms with van der Waals surface area (Å²) in [6.07, 6.45) is 2.75. The van der Waals surface area contributed by atoms with Crippen LogP contribution in [-0.2, 0) is 16.4 Å². The SMILES string of the molecule is CN(C)C(=NCc1ncccc1S(C)(=O)=O)N(C)C.I. The minimum absolute atomic E-state index is 0. The maximum absolute atomic E-state index is 11.7. The average molecular weight is 412 g/mol. The van der Waals surface area contributed by atoms with Crippen molar-refractivity contribution in [1.82, 2.24) is 14.8 Å². The highest BCUT2D eigenvalue weighted by Crippen LogP contribution is 2.13. The highest BCUT2D eigenvalue weighted by Gasteiger charge is 2.14. The molecule has 0 aliphatic rings. The molecule has 8 heteroatoms. The number of guanidine groups is 1. The lowest BCUT2D eigenvalue weighted by molar-refractivity contribution is 0.478. The Morgan fingerprint density at radius 1 is 1.25 bits per heavy atom. The van der Waals surface area contributed by atoms with Crippen LogP contribution in [-0.4, -0.2) is 63.6 Å². The Morgan fingerprint density at radius 3 is 2.25 bits per heavy atom. The second-order valence-electron chi connectivity index (χ2n) is 4.63. The van der Waals surface area contributed by atoms with Crippen LogP contribution < -0.4 is 0 Å². The van der Waals surface area contributed by atoms with E-state index in [2.05, 4.69) is 9.98 Å². The van der Waals surface area contributed by atoms with Crippen LogP contribution in [0, 0.1) is 0 Å². The minimum atomic E-state index is -3.28. The van der Waals surface area contributed by atoms with E-state index in [1.54, 1.807) is 18.3 Å². The Labute approximate surface area is 137 Å². The van der Waals surface area contributed by atoms with E-state index in [0.717, 1.165) is 5.96 Å². The normalized spacial score (nSPS) is 10.4. The number of aromatic nitrogens is 1. The second kappa shape index (κ2) is 7.77. The number of rotatable bonds is 3. The molecule has 0 N–H and O–H groups in total. The van der Waals surface area contributed by atoms with E-state index in [9.17, 15) is 8.42 Å². The summed E-state index contributed by atoms with van der Waals surface area (Å²) in [4.78, 5) is 12.5. The fraction of sp³-hybridized carbons (Fsp3) is 0.500. The van der Waals surface area contributed by atoms with Crippen LogP contribution in [0.2, 0.25) is 0 Å². The smallest absolute Gasteiger partial charge is 0.195 e. The first-order valence-corrected chi connectivity index (χ1v) is 7.65. The van der Waals surface area contributed by atoms with Gasteiger partial charge in [0.15, 0.2) is 15.8 Å². The van der Waals surface area contributed by atoms with Gasteiger partial charge in [-0.05, 0) is 12.1 Å². The van der Waals surface area contributed by atoms with Crippen molar-refractivity contribution in [3.05, 3.63) is 24.0 Å². The molecule has 0 spiro atoms. The van der Waals surface area contributed by atoms with Crippen LogP contribution in [0.25, 0.3) is 0 Å². The molecule has 0 saturated carbocycles. The third-order valence-electron chi connectivity index (χ3n) is 2.42. The van der Waals surface area contributed by atoms with Crippen LogP contribution >= 0.6 is 24.0 Å². The maximum atomic E-state index is 11.7. The van der Waals surface area contributed by atoms with Crippen molar-refractivity contribution in [1.29, 1.82) is 0 Å². The second-order valence-corrected chi connectivity index (χ2v) is 6.61. The molecule has 0 fully saturated rings. The van der Waals surface area contributed by atoms with Crippen molar-refractivity contribution in [2.24, 2.45) is 4.99 Å². The first-order valence-electron chi connectivity index (χ1n) is 5.76. The van der Waals surface area contributed by atoms with Crippen LogP contribution in [0.5, 0.6) is 0 Å². The van der Waals surface area contributed by atoms with Gasteiger partial charge in [0.1, 0.15) is 0 Å². The highest BCUT2D eigenvalue weighted by molar-refractivity contribution is 14.0. The predicted octanol–water partition coefficient (Wildman–Crippen LogP) is 1.08. The van der Waals surface area contributed by atoms with Crippen molar-refractivity contribution in [3.63, 3.8) is 0 Å². The van der Waals surface area contributed by atoms with E-state index in [4.69, 9.17) is 0 Å². The van der Waals surface area contributed by atoms with Gasteiger partial charge in [-0.15, -0.1) is 24.0 Å². The Balaban J connectivity index is 0.00000361. The predicted molar refractivity (Wildman–Crippen MR) is 91.3 cm³/mol. The van der Waals surface area contributed by atoms with E-state index in [1.807, 2.05) is 38.0 Å². The van der Waals surface area contributed by atoms with E-state index in [1.165, 1.54) is 6.26 Å². The van der Waals surface area contributed by atoms with Crippen molar-refractivity contribution in [3.8, 4) is 0 Å². The van der Waals surface area contributed by atoms with Gasteiger partial charge < -0.3 is 9.80 Å². The summed E-state index contributed by atoms with van der Waals surface area (Å²) in [6.45, 7) is 0.231. The van der Waals surface area contributed by atoms with Gasteiger partial charge >= 0.3 is 0 Å². The van der Waals surface area contributed by atoms with Gasteiger partial charge in [-0.2, -0.15) is 0 Å². The average Bonchev–Trinajstić information content (AvgIpc) is 2.27. The van der Waals surface area contributed by atoms with E-state index in [-0.39, 0.29) is 35.4 Å². The molecule has 114 valence electrons. The molecular weight excluding hydrogens is 391 g/mol. The molecule has 0 atom stereocenters. The largest absolute Gasteiger partial charge is 0.349 e. The summed E-state index contributed by atoms with van der Waals surface area (Å²) >= 11 is 0. The lowest BCUT2D eigenvalue weighted by Crippen LogP contribution is -2.35. The molecule has 0 unspecified atom stereocenters. The first-order chi connectivity index (χ1) is 8.73. The van der Waals surface area contributed by atoms with Crippen molar-refractivity contribution < 1.29 is 8.42 Å². The van der Waals surface area contributed by atoms with Gasteiger partial charge in [0.25, 0.3) is 0 Å². The molecule has 1 aromatic heterocycles. The van der Waals surface area contributed by atoms with Crippen molar-refractivity contribution >= 4 is 39.8 Å². The van der Waals surface area contributed by atoms with Gasteiger partial charge in [-0.25, -0.2) is 13.4 Å². The number of halogens is 1. The van der Waals surface area contributed by atoms with Gasteiger partial charge in [-0.3, -0.25) is 4.98 Å². The first kappa shape index (κ1) is 19.1. The van der Waals surface area contributed by atoms with Crippen molar-refractivity contribution in [2.75, 3.05) is 34.4 Å². The summed E-state index contributed by atoms with van der Waals surface area (Å²) in [5.41, 5.74) is 0.464. The Kier molecular flexibility index (Phi) is 7.42. The lowest BCUT2D eigenvalue weighted by atomic mass is 10.3. The van der Waals surface area contributed by atoms with Crippen LogP contribution in [0.3, 0.4) is 0 Å². The third kappa shape index (κ3) is 5.23. The maximum Gasteiger partial charge on any atom is 0.195 e. The Hall–Kier alpha value is -0.900. The zero-order valence-electron chi connectivity index (χ0n) is 12.4. The summed E-state index contributed by atoms with van der Waals surface area (Å²) in [5.74, 6) is 0.755. The standard InChI is InChI=1S/C12H20N4O2S.HI/c1-15(2)12(16(3)4)14-9-10-11(19(5,17)18)7-6-8-13-10;/h6-8H,9H2,1-5H3;1H. The molecule has 0 saturated heterocycles. The topological polar surface area (TPSA) is 65.9 Å². The summed E-state index contributed by atoms with van der Waals surface area (Å²) in [7, 11) is 4.25. The fourth-order valence-electron chi connectivity index (χ4n) is 1.71. The van der Waals surface area contributed by atoms with Gasteiger partial charge in [0, 0.05) is 40.6 Å². The van der Waals surface area contributed by atoms with Crippen LogP contribution in [0.1, 0.15) is 5.69 Å². The minimum Gasteiger partial charge on any atom is -0.349 e. The number of hydrogen-bond donors (Lipinski definition) is 0. The van der Waals surface area contributed by atoms with Crippen LogP contribution in [0.15, 0.2) is 28.2 Å². The molecule has 1 rings (SSSR count). The van der Waals surface area contributed by atoms with E-state index < -0.39 is 9.84 Å². The number of pyridine rings is 1.